The molecule has 3 aromatic rings. The van der Waals surface area contributed by atoms with Gasteiger partial charge in [-0.25, -0.2) is 4.79 Å². The van der Waals surface area contributed by atoms with E-state index < -0.39 is 17.8 Å². The number of hydrogen-bond acceptors (Lipinski definition) is 4. The number of rotatable bonds is 9. The van der Waals surface area contributed by atoms with Gasteiger partial charge in [-0.15, -0.1) is 0 Å². The molecule has 0 aliphatic rings. The van der Waals surface area contributed by atoms with Crippen LogP contribution < -0.4 is 9.47 Å². The SMILES string of the molecule is C=C(C(=O)O)C(c1ccccc1)C(C(=O)c1ccc(OC)cc1)c1ccc(OC)cc1. The Kier molecular flexibility index (Phi) is 6.88. The van der Waals surface area contributed by atoms with Crippen molar-refractivity contribution in [3.63, 3.8) is 0 Å². The molecule has 158 valence electrons. The van der Waals surface area contributed by atoms with Gasteiger partial charge >= 0.3 is 5.97 Å². The monoisotopic (exact) mass is 416 g/mol. The van der Waals surface area contributed by atoms with Crippen molar-refractivity contribution >= 4 is 11.8 Å². The molecule has 5 heteroatoms. The van der Waals surface area contributed by atoms with Crippen LogP contribution in [0.4, 0.5) is 0 Å². The first-order valence-electron chi connectivity index (χ1n) is 9.75. The zero-order valence-electron chi connectivity index (χ0n) is 17.4. The molecule has 2 unspecified atom stereocenters. The largest absolute Gasteiger partial charge is 0.497 e. The highest BCUT2D eigenvalue weighted by atomic mass is 16.5. The van der Waals surface area contributed by atoms with Gasteiger partial charge in [0, 0.05) is 17.1 Å². The van der Waals surface area contributed by atoms with E-state index >= 15 is 0 Å². The molecule has 0 bridgehead atoms. The highest BCUT2D eigenvalue weighted by Crippen LogP contribution is 2.41. The molecule has 0 saturated carbocycles. The summed E-state index contributed by atoms with van der Waals surface area (Å²) in [7, 11) is 3.12. The minimum absolute atomic E-state index is 0.0473. The maximum absolute atomic E-state index is 13.7. The fourth-order valence-electron chi connectivity index (χ4n) is 3.63. The number of carbonyl (C=O) groups excluding carboxylic acids is 1. The number of ether oxygens (including phenoxy) is 2. The molecule has 0 amide bonds. The first-order valence-corrected chi connectivity index (χ1v) is 9.75. The topological polar surface area (TPSA) is 72.8 Å². The number of ketones is 1. The lowest BCUT2D eigenvalue weighted by molar-refractivity contribution is -0.133. The van der Waals surface area contributed by atoms with Gasteiger partial charge in [-0.2, -0.15) is 0 Å². The summed E-state index contributed by atoms with van der Waals surface area (Å²) in [6, 6.07) is 23.0. The van der Waals surface area contributed by atoms with Crippen LogP contribution in [0.1, 0.15) is 33.3 Å². The van der Waals surface area contributed by atoms with Gasteiger partial charge in [0.1, 0.15) is 11.5 Å². The van der Waals surface area contributed by atoms with Crippen LogP contribution in [0.15, 0.2) is 91.0 Å². The van der Waals surface area contributed by atoms with Crippen LogP contribution in [0.25, 0.3) is 0 Å². The lowest BCUT2D eigenvalue weighted by Crippen LogP contribution is -2.25. The lowest BCUT2D eigenvalue weighted by Gasteiger charge is -2.27. The number of Topliss-reactive ketones (excluding diaryl/α,β-unsaturated/α-hetero) is 1. The second-order valence-corrected chi connectivity index (χ2v) is 7.06. The summed E-state index contributed by atoms with van der Waals surface area (Å²) in [5.41, 5.74) is 1.80. The van der Waals surface area contributed by atoms with Crippen molar-refractivity contribution in [1.29, 1.82) is 0 Å². The minimum atomic E-state index is -1.14. The molecular formula is C26H24O5. The molecule has 0 fully saturated rings. The van der Waals surface area contributed by atoms with E-state index in [2.05, 4.69) is 6.58 Å². The Balaban J connectivity index is 2.17. The number of benzene rings is 3. The van der Waals surface area contributed by atoms with Gasteiger partial charge in [0.05, 0.1) is 20.1 Å². The van der Waals surface area contributed by atoms with E-state index in [0.29, 0.717) is 28.2 Å². The molecule has 1 N–H and O–H groups in total. The molecule has 0 heterocycles. The summed E-state index contributed by atoms with van der Waals surface area (Å²) >= 11 is 0. The first-order chi connectivity index (χ1) is 15.0. The van der Waals surface area contributed by atoms with E-state index in [1.165, 1.54) is 0 Å². The molecule has 0 saturated heterocycles. The van der Waals surface area contributed by atoms with Crippen molar-refractivity contribution in [2.45, 2.75) is 11.8 Å². The number of carboxylic acids is 1. The van der Waals surface area contributed by atoms with Crippen molar-refractivity contribution in [2.75, 3.05) is 14.2 Å². The second-order valence-electron chi connectivity index (χ2n) is 7.06. The predicted molar refractivity (Wildman–Crippen MR) is 119 cm³/mol. The molecule has 0 spiro atoms. The highest BCUT2D eigenvalue weighted by Gasteiger charge is 2.36. The van der Waals surface area contributed by atoms with Crippen molar-refractivity contribution in [3.8, 4) is 11.5 Å². The van der Waals surface area contributed by atoms with Crippen LogP contribution in [-0.4, -0.2) is 31.1 Å². The third-order valence-electron chi connectivity index (χ3n) is 5.27. The molecule has 3 rings (SSSR count). The van der Waals surface area contributed by atoms with Crippen molar-refractivity contribution in [1.82, 2.24) is 0 Å². The van der Waals surface area contributed by atoms with Crippen LogP contribution in [0.2, 0.25) is 0 Å². The van der Waals surface area contributed by atoms with Gasteiger partial charge in [0.25, 0.3) is 0 Å². The van der Waals surface area contributed by atoms with Gasteiger partial charge in [-0.3, -0.25) is 4.79 Å². The van der Waals surface area contributed by atoms with Crippen LogP contribution in [-0.2, 0) is 4.79 Å². The van der Waals surface area contributed by atoms with Gasteiger partial charge in [0.2, 0.25) is 0 Å². The summed E-state index contributed by atoms with van der Waals surface area (Å²) in [4.78, 5) is 25.7. The molecule has 5 nitrogen and oxygen atoms in total. The number of aliphatic carboxylic acids is 1. The Morgan fingerprint density at radius 2 is 1.23 bits per heavy atom. The summed E-state index contributed by atoms with van der Waals surface area (Å²) in [5.74, 6) is -1.61. The number of carboxylic acid groups (broad SMARTS) is 1. The summed E-state index contributed by atoms with van der Waals surface area (Å²) < 4.78 is 10.4. The Morgan fingerprint density at radius 1 is 0.742 bits per heavy atom. The zero-order chi connectivity index (χ0) is 22.4. The maximum Gasteiger partial charge on any atom is 0.331 e. The van der Waals surface area contributed by atoms with E-state index in [4.69, 9.17) is 9.47 Å². The number of methoxy groups -OCH3 is 2. The van der Waals surface area contributed by atoms with Gasteiger partial charge in [-0.1, -0.05) is 49.0 Å². The third kappa shape index (κ3) is 4.83. The molecule has 0 aromatic heterocycles. The van der Waals surface area contributed by atoms with E-state index in [-0.39, 0.29) is 11.4 Å². The second kappa shape index (κ2) is 9.76. The van der Waals surface area contributed by atoms with E-state index in [1.807, 2.05) is 30.3 Å². The Labute approximate surface area is 181 Å². The van der Waals surface area contributed by atoms with E-state index in [9.17, 15) is 14.7 Å². The quantitative estimate of drug-likeness (QED) is 0.388. The van der Waals surface area contributed by atoms with E-state index in [0.717, 1.165) is 0 Å². The average Bonchev–Trinajstić information content (AvgIpc) is 2.82. The van der Waals surface area contributed by atoms with Crippen LogP contribution in [0, 0.1) is 0 Å². The smallest absolute Gasteiger partial charge is 0.331 e. The van der Waals surface area contributed by atoms with Crippen LogP contribution in [0.5, 0.6) is 11.5 Å². The fourth-order valence-corrected chi connectivity index (χ4v) is 3.63. The molecule has 0 aliphatic carbocycles. The maximum atomic E-state index is 13.7. The number of hydrogen-bond donors (Lipinski definition) is 1. The zero-order valence-corrected chi connectivity index (χ0v) is 17.4. The minimum Gasteiger partial charge on any atom is -0.497 e. The van der Waals surface area contributed by atoms with Gasteiger partial charge in [0.15, 0.2) is 5.78 Å². The Bertz CT molecular complexity index is 1050. The Hall–Kier alpha value is -3.86. The summed E-state index contributed by atoms with van der Waals surface area (Å²) in [6.07, 6.45) is 0. The van der Waals surface area contributed by atoms with Gasteiger partial charge in [-0.05, 0) is 47.5 Å². The van der Waals surface area contributed by atoms with Crippen LogP contribution >= 0.6 is 0 Å². The first kappa shape index (κ1) is 21.8. The van der Waals surface area contributed by atoms with Gasteiger partial charge < -0.3 is 14.6 Å². The lowest BCUT2D eigenvalue weighted by atomic mass is 9.73. The third-order valence-corrected chi connectivity index (χ3v) is 5.27. The molecular weight excluding hydrogens is 392 g/mol. The predicted octanol–water partition coefficient (Wildman–Crippen LogP) is 5.09. The molecule has 3 aromatic carbocycles. The molecule has 0 radical (unpaired) electrons. The fraction of sp³-hybridized carbons (Fsp3) is 0.154. The summed E-state index contributed by atoms with van der Waals surface area (Å²) in [5, 5.41) is 9.76. The molecule has 0 aliphatic heterocycles. The number of carbonyl (C=O) groups is 2. The summed E-state index contributed by atoms with van der Waals surface area (Å²) in [6.45, 7) is 3.82. The van der Waals surface area contributed by atoms with Crippen molar-refractivity contribution in [3.05, 3.63) is 108 Å². The molecule has 31 heavy (non-hydrogen) atoms. The molecule has 2 atom stereocenters. The highest BCUT2D eigenvalue weighted by molar-refractivity contribution is 6.03. The standard InChI is InChI=1S/C26H24O5/c1-17(26(28)29)23(18-7-5-4-6-8-18)24(19-9-13-21(30-2)14-10-19)25(27)20-11-15-22(31-3)16-12-20/h4-16,23-24H,1H2,2-3H3,(H,28,29). The average molecular weight is 416 g/mol. The van der Waals surface area contributed by atoms with Crippen molar-refractivity contribution in [2.24, 2.45) is 0 Å². The Morgan fingerprint density at radius 3 is 1.71 bits per heavy atom. The normalized spacial score (nSPS) is 12.5. The van der Waals surface area contributed by atoms with E-state index in [1.54, 1.807) is 62.8 Å². The van der Waals surface area contributed by atoms with Crippen molar-refractivity contribution < 1.29 is 24.2 Å². The van der Waals surface area contributed by atoms with Crippen LogP contribution in [0.3, 0.4) is 0 Å².